The van der Waals surface area contributed by atoms with Crippen molar-refractivity contribution in [2.75, 3.05) is 52.4 Å². The smallest absolute Gasteiger partial charge is 0.300 e. The number of nitrogens with zero attached hydrogens (tertiary/aromatic N) is 4. The number of halogens is 3. The molecule has 0 aromatic rings. The average Bonchev–Trinajstić information content (AvgIpc) is 3.55. The predicted octanol–water partition coefficient (Wildman–Crippen LogP) is 9.87. The molecule has 11 rings (SSSR count). The summed E-state index contributed by atoms with van der Waals surface area (Å²) >= 11 is 0. The molecule has 8 aliphatic heterocycles. The first-order valence-corrected chi connectivity index (χ1v) is 22.3. The first-order chi connectivity index (χ1) is 24.3. The van der Waals surface area contributed by atoms with E-state index < -0.39 is 11.6 Å². The molecule has 4 nitrogen and oxygen atoms in total. The third kappa shape index (κ3) is 6.70. The molecule has 11 aliphatic rings. The maximum atomic E-state index is 14.2. The lowest BCUT2D eigenvalue weighted by molar-refractivity contribution is -0.233. The lowest BCUT2D eigenvalue weighted by atomic mass is 9.51. The maximum absolute atomic E-state index is 14.2. The molecule has 8 unspecified atom stereocenters. The molecule has 292 valence electrons. The number of likely N-dealkylation sites (tertiary alicyclic amines) is 3. The van der Waals surface area contributed by atoms with Crippen LogP contribution in [-0.2, 0) is 0 Å². The topological polar surface area (TPSA) is 13.0 Å². The highest BCUT2D eigenvalue weighted by Crippen LogP contribution is 2.59. The zero-order valence-electron chi connectivity index (χ0n) is 33.4. The molecule has 0 amide bonds. The third-order valence-corrected chi connectivity index (χ3v) is 18.7. The van der Waals surface area contributed by atoms with Crippen molar-refractivity contribution in [3.05, 3.63) is 0 Å². The Labute approximate surface area is 310 Å². The molecular formula is C44H75F3N4. The second-order valence-electron chi connectivity index (χ2n) is 21.0. The highest BCUT2D eigenvalue weighted by molar-refractivity contribution is 5.12. The van der Waals surface area contributed by atoms with Gasteiger partial charge in [-0.1, -0.05) is 47.0 Å². The molecule has 3 saturated carbocycles. The van der Waals surface area contributed by atoms with Gasteiger partial charge in [-0.25, -0.2) is 0 Å². The summed E-state index contributed by atoms with van der Waals surface area (Å²) in [5.74, 6) is 2.57. The Balaban J connectivity index is 1.10. The third-order valence-electron chi connectivity index (χ3n) is 18.7. The van der Waals surface area contributed by atoms with Gasteiger partial charge in [-0.3, -0.25) is 9.80 Å². The Bertz CT molecular complexity index is 1180. The highest BCUT2D eigenvalue weighted by Gasteiger charge is 2.59. The van der Waals surface area contributed by atoms with Crippen molar-refractivity contribution in [1.82, 2.24) is 19.6 Å². The van der Waals surface area contributed by atoms with Crippen LogP contribution in [0.5, 0.6) is 0 Å². The van der Waals surface area contributed by atoms with E-state index in [2.05, 4.69) is 47.3 Å². The Kier molecular flexibility index (Phi) is 10.3. The summed E-state index contributed by atoms with van der Waals surface area (Å²) in [6, 6.07) is 2.09. The van der Waals surface area contributed by atoms with Crippen LogP contribution in [0, 0.1) is 45.3 Å². The van der Waals surface area contributed by atoms with Crippen molar-refractivity contribution in [2.24, 2.45) is 45.3 Å². The number of rotatable bonds is 8. The van der Waals surface area contributed by atoms with Crippen molar-refractivity contribution < 1.29 is 13.2 Å². The molecule has 8 saturated heterocycles. The molecule has 0 radical (unpaired) electrons. The number of hydrogen-bond donors (Lipinski definition) is 0. The van der Waals surface area contributed by atoms with E-state index in [1.807, 2.05) is 0 Å². The number of hydrogen-bond acceptors (Lipinski definition) is 4. The van der Waals surface area contributed by atoms with Gasteiger partial charge >= 0.3 is 6.18 Å². The summed E-state index contributed by atoms with van der Waals surface area (Å²) < 4.78 is 42.5. The summed E-state index contributed by atoms with van der Waals surface area (Å²) in [6.45, 7) is 20.6. The summed E-state index contributed by atoms with van der Waals surface area (Å²) in [7, 11) is 0. The average molecular weight is 717 g/mol. The lowest BCUT2D eigenvalue weighted by Crippen LogP contribution is -2.68. The van der Waals surface area contributed by atoms with E-state index in [1.165, 1.54) is 143 Å². The Morgan fingerprint density at radius 3 is 1.65 bits per heavy atom. The van der Waals surface area contributed by atoms with Crippen LogP contribution >= 0.6 is 0 Å². The van der Waals surface area contributed by atoms with Crippen LogP contribution < -0.4 is 0 Å². The van der Waals surface area contributed by atoms with Crippen LogP contribution in [0.1, 0.15) is 150 Å². The standard InChI is InChI=1S/C44H75F3N4/c1-6-37(49-24-16-41(5,17-25-49)44(45,46)47)35-30-40(4)31-36(39(35)50-22-10-34(40)11-23-50)38(51-28-20-43(21-29-51)14-9-15-43)32(2)33(3)48-26-18-42(19-27-48)12-7-8-13-42/h32-39H,6-31H2,1-5H3. The van der Waals surface area contributed by atoms with Gasteiger partial charge in [-0.05, 0) is 196 Å². The zero-order valence-corrected chi connectivity index (χ0v) is 33.4. The zero-order chi connectivity index (χ0) is 35.8. The van der Waals surface area contributed by atoms with Gasteiger partial charge in [0.15, 0.2) is 0 Å². The predicted molar refractivity (Wildman–Crippen MR) is 203 cm³/mol. The van der Waals surface area contributed by atoms with Crippen molar-refractivity contribution in [3.8, 4) is 0 Å². The van der Waals surface area contributed by atoms with Crippen LogP contribution in [0.4, 0.5) is 13.2 Å². The van der Waals surface area contributed by atoms with Gasteiger partial charge in [0.1, 0.15) is 0 Å². The van der Waals surface area contributed by atoms with E-state index in [1.54, 1.807) is 0 Å². The fourth-order valence-electron chi connectivity index (χ4n) is 14.8. The van der Waals surface area contributed by atoms with Gasteiger partial charge in [0.05, 0.1) is 5.41 Å². The molecule has 0 aromatic carbocycles. The fourth-order valence-corrected chi connectivity index (χ4v) is 14.8. The van der Waals surface area contributed by atoms with Crippen LogP contribution in [0.2, 0.25) is 0 Å². The fraction of sp³-hybridized carbons (Fsp3) is 1.00. The molecule has 3 aliphatic carbocycles. The van der Waals surface area contributed by atoms with Gasteiger partial charge in [0.25, 0.3) is 0 Å². The number of piperidine rings is 4. The molecule has 8 heterocycles. The van der Waals surface area contributed by atoms with Crippen molar-refractivity contribution in [2.45, 2.75) is 181 Å². The van der Waals surface area contributed by atoms with Crippen molar-refractivity contribution >= 4 is 0 Å². The number of alkyl halides is 3. The van der Waals surface area contributed by atoms with E-state index >= 15 is 0 Å². The minimum absolute atomic E-state index is 0.251. The Morgan fingerprint density at radius 1 is 0.627 bits per heavy atom. The first kappa shape index (κ1) is 37.5. The Hall–Kier alpha value is -0.370. The maximum Gasteiger partial charge on any atom is 0.394 e. The minimum Gasteiger partial charge on any atom is -0.300 e. The summed E-state index contributed by atoms with van der Waals surface area (Å²) in [6.07, 6.45) is 18.5. The molecule has 11 fully saturated rings. The van der Waals surface area contributed by atoms with Crippen LogP contribution in [-0.4, -0.2) is 102 Å². The van der Waals surface area contributed by atoms with Gasteiger partial charge in [-0.2, -0.15) is 13.2 Å². The van der Waals surface area contributed by atoms with E-state index in [0.717, 1.165) is 12.3 Å². The summed E-state index contributed by atoms with van der Waals surface area (Å²) in [5.41, 5.74) is 0.0838. The van der Waals surface area contributed by atoms with Gasteiger partial charge in [0.2, 0.25) is 0 Å². The monoisotopic (exact) mass is 717 g/mol. The quantitative estimate of drug-likeness (QED) is 0.248. The molecule has 7 heteroatoms. The van der Waals surface area contributed by atoms with Crippen molar-refractivity contribution in [1.29, 1.82) is 0 Å². The van der Waals surface area contributed by atoms with Gasteiger partial charge < -0.3 is 9.80 Å². The van der Waals surface area contributed by atoms with E-state index in [0.29, 0.717) is 71.3 Å². The molecule has 8 atom stereocenters. The normalized spacial score (nSPS) is 40.8. The molecule has 0 N–H and O–H groups in total. The highest BCUT2D eigenvalue weighted by atomic mass is 19.4. The Morgan fingerprint density at radius 2 is 1.14 bits per heavy atom. The largest absolute Gasteiger partial charge is 0.394 e. The molecule has 4 bridgehead atoms. The van der Waals surface area contributed by atoms with Gasteiger partial charge in [-0.15, -0.1) is 0 Å². The summed E-state index contributed by atoms with van der Waals surface area (Å²) in [4.78, 5) is 11.5. The molecule has 51 heavy (non-hydrogen) atoms. The van der Waals surface area contributed by atoms with Crippen LogP contribution in [0.15, 0.2) is 0 Å². The second kappa shape index (κ2) is 14.0. The molecule has 0 aromatic heterocycles. The van der Waals surface area contributed by atoms with Crippen LogP contribution in [0.25, 0.3) is 0 Å². The van der Waals surface area contributed by atoms with Gasteiger partial charge in [0, 0.05) is 24.2 Å². The minimum atomic E-state index is -4.11. The molecular weight excluding hydrogens is 642 g/mol. The SMILES string of the molecule is CCC(C1CC2(C)CC(C(C(C)C(C)N3CCC4(CCCC4)CC3)N3CCC4(CCC4)CC3)C1N1CCC2CC1)N1CCC(C)(C(F)(F)F)CC1. The lowest BCUT2D eigenvalue weighted by Gasteiger charge is -2.65. The molecule has 2 spiro atoms. The second-order valence-corrected chi connectivity index (χ2v) is 21.0. The van der Waals surface area contributed by atoms with E-state index in [-0.39, 0.29) is 12.8 Å². The van der Waals surface area contributed by atoms with E-state index in [9.17, 15) is 13.2 Å². The first-order valence-electron chi connectivity index (χ1n) is 22.3. The van der Waals surface area contributed by atoms with Crippen molar-refractivity contribution in [3.63, 3.8) is 0 Å². The van der Waals surface area contributed by atoms with E-state index in [4.69, 9.17) is 0 Å². The van der Waals surface area contributed by atoms with Crippen LogP contribution in [0.3, 0.4) is 0 Å². The summed E-state index contributed by atoms with van der Waals surface area (Å²) in [5, 5.41) is 0.